The summed E-state index contributed by atoms with van der Waals surface area (Å²) in [6.45, 7) is 6.78. The van der Waals surface area contributed by atoms with Gasteiger partial charge < -0.3 is 20.3 Å². The lowest BCUT2D eigenvalue weighted by Crippen LogP contribution is -2.48. The van der Waals surface area contributed by atoms with Crippen LogP contribution in [0.4, 0.5) is 0 Å². The second kappa shape index (κ2) is 8.23. The molecule has 3 fully saturated rings. The highest BCUT2D eigenvalue weighted by atomic mass is 35.5. The van der Waals surface area contributed by atoms with E-state index in [4.69, 9.17) is 10.5 Å². The molecule has 0 spiro atoms. The maximum Gasteiger partial charge on any atom is 0.229 e. The molecule has 3 aliphatic rings. The van der Waals surface area contributed by atoms with Gasteiger partial charge in [0.25, 0.3) is 0 Å². The van der Waals surface area contributed by atoms with Crippen LogP contribution in [0.15, 0.2) is 0 Å². The van der Waals surface area contributed by atoms with E-state index in [2.05, 4.69) is 6.92 Å². The van der Waals surface area contributed by atoms with Gasteiger partial charge in [-0.15, -0.1) is 12.4 Å². The fourth-order valence-electron chi connectivity index (χ4n) is 4.43. The Labute approximate surface area is 156 Å². The van der Waals surface area contributed by atoms with Crippen molar-refractivity contribution in [3.05, 3.63) is 0 Å². The fraction of sp³-hybridized carbons (Fsp3) is 0.889. The van der Waals surface area contributed by atoms with E-state index in [9.17, 15) is 9.59 Å². The average Bonchev–Trinajstić information content (AvgIpc) is 3.23. The van der Waals surface area contributed by atoms with Crippen molar-refractivity contribution in [2.75, 3.05) is 45.9 Å². The summed E-state index contributed by atoms with van der Waals surface area (Å²) in [7, 11) is 0. The molecule has 6 nitrogen and oxygen atoms in total. The number of hydrogen-bond acceptors (Lipinski definition) is 4. The van der Waals surface area contributed by atoms with E-state index in [0.29, 0.717) is 39.3 Å². The van der Waals surface area contributed by atoms with Crippen molar-refractivity contribution >= 4 is 24.2 Å². The quantitative estimate of drug-likeness (QED) is 0.808. The third kappa shape index (κ3) is 4.29. The maximum atomic E-state index is 13.3. The summed E-state index contributed by atoms with van der Waals surface area (Å²) in [5.41, 5.74) is 5.44. The molecule has 25 heavy (non-hydrogen) atoms. The number of nitrogens with zero attached hydrogens (tertiary/aromatic N) is 2. The zero-order valence-electron chi connectivity index (χ0n) is 15.3. The van der Waals surface area contributed by atoms with Crippen LogP contribution in [0.2, 0.25) is 0 Å². The predicted molar refractivity (Wildman–Crippen MR) is 98.5 cm³/mol. The summed E-state index contributed by atoms with van der Waals surface area (Å²) in [6, 6.07) is 0. The highest BCUT2D eigenvalue weighted by Gasteiger charge is 2.48. The van der Waals surface area contributed by atoms with Crippen LogP contribution in [-0.2, 0) is 14.3 Å². The van der Waals surface area contributed by atoms with Gasteiger partial charge >= 0.3 is 0 Å². The molecule has 0 aromatic heterocycles. The van der Waals surface area contributed by atoms with Crippen LogP contribution in [0, 0.1) is 10.8 Å². The zero-order chi connectivity index (χ0) is 17.2. The highest BCUT2D eigenvalue weighted by molar-refractivity contribution is 5.89. The lowest BCUT2D eigenvalue weighted by atomic mass is 9.80. The molecular formula is C18H32ClN3O3. The Bertz CT molecular complexity index is 490. The predicted octanol–water partition coefficient (Wildman–Crippen LogP) is 1.41. The van der Waals surface area contributed by atoms with Crippen LogP contribution in [0.5, 0.6) is 0 Å². The summed E-state index contributed by atoms with van der Waals surface area (Å²) in [5, 5.41) is 0. The molecule has 2 aliphatic heterocycles. The first-order valence-corrected chi connectivity index (χ1v) is 9.33. The van der Waals surface area contributed by atoms with E-state index in [0.717, 1.165) is 45.2 Å². The molecule has 7 heteroatoms. The van der Waals surface area contributed by atoms with Gasteiger partial charge in [0, 0.05) is 32.6 Å². The van der Waals surface area contributed by atoms with Crippen LogP contribution in [-0.4, -0.2) is 67.6 Å². The first-order valence-electron chi connectivity index (χ1n) is 9.33. The van der Waals surface area contributed by atoms with Gasteiger partial charge in [-0.1, -0.05) is 19.8 Å². The minimum Gasteiger partial charge on any atom is -0.378 e. The first kappa shape index (κ1) is 20.5. The number of halogens is 1. The number of amides is 2. The second-order valence-corrected chi connectivity index (χ2v) is 8.15. The monoisotopic (exact) mass is 373 g/mol. The molecule has 2 N–H and O–H groups in total. The molecule has 1 aliphatic carbocycles. The van der Waals surface area contributed by atoms with Crippen molar-refractivity contribution in [1.82, 2.24) is 9.80 Å². The van der Waals surface area contributed by atoms with Crippen LogP contribution < -0.4 is 5.73 Å². The summed E-state index contributed by atoms with van der Waals surface area (Å²) < 4.78 is 5.33. The molecule has 0 bridgehead atoms. The summed E-state index contributed by atoms with van der Waals surface area (Å²) in [6.07, 6.45) is 5.11. The third-order valence-electron chi connectivity index (χ3n) is 6.21. The Morgan fingerprint density at radius 3 is 2.24 bits per heavy atom. The van der Waals surface area contributed by atoms with Crippen molar-refractivity contribution in [2.24, 2.45) is 16.6 Å². The number of ether oxygens (including phenoxy) is 1. The molecular weight excluding hydrogens is 342 g/mol. The lowest BCUT2D eigenvalue weighted by molar-refractivity contribution is -0.149. The van der Waals surface area contributed by atoms with Gasteiger partial charge in [0.2, 0.25) is 11.8 Å². The minimum absolute atomic E-state index is 0. The Balaban J connectivity index is 0.00000225. The minimum atomic E-state index is -0.477. The van der Waals surface area contributed by atoms with Crippen LogP contribution in [0.3, 0.4) is 0 Å². The SMILES string of the molecule is CC1(CN)CCN(C(=O)C2(CC(=O)N3CCOCC3)CCCC2)C1.Cl. The Hall–Kier alpha value is -0.850. The summed E-state index contributed by atoms with van der Waals surface area (Å²) >= 11 is 0. The third-order valence-corrected chi connectivity index (χ3v) is 6.21. The van der Waals surface area contributed by atoms with Gasteiger partial charge in [0.05, 0.1) is 18.6 Å². The maximum absolute atomic E-state index is 13.3. The number of nitrogens with two attached hydrogens (primary N) is 1. The molecule has 0 aromatic rings. The van der Waals surface area contributed by atoms with Crippen molar-refractivity contribution in [1.29, 1.82) is 0 Å². The van der Waals surface area contributed by atoms with E-state index < -0.39 is 5.41 Å². The Morgan fingerprint density at radius 1 is 1.04 bits per heavy atom. The van der Waals surface area contributed by atoms with Gasteiger partial charge in [0.15, 0.2) is 0 Å². The van der Waals surface area contributed by atoms with E-state index in [1.807, 2.05) is 9.80 Å². The lowest BCUT2D eigenvalue weighted by Gasteiger charge is -2.35. The summed E-state index contributed by atoms with van der Waals surface area (Å²) in [5.74, 6) is 0.313. The topological polar surface area (TPSA) is 75.9 Å². The second-order valence-electron chi connectivity index (χ2n) is 8.15. The number of carbonyl (C=O) groups is 2. The number of rotatable bonds is 4. The molecule has 1 saturated carbocycles. The van der Waals surface area contributed by atoms with Crippen LogP contribution in [0.1, 0.15) is 45.4 Å². The van der Waals surface area contributed by atoms with E-state index in [1.165, 1.54) is 0 Å². The first-order chi connectivity index (χ1) is 11.5. The molecule has 2 saturated heterocycles. The normalized spacial score (nSPS) is 28.7. The largest absolute Gasteiger partial charge is 0.378 e. The molecule has 3 rings (SSSR count). The van der Waals surface area contributed by atoms with E-state index in [-0.39, 0.29) is 29.6 Å². The van der Waals surface area contributed by atoms with Crippen LogP contribution in [0.25, 0.3) is 0 Å². The van der Waals surface area contributed by atoms with E-state index in [1.54, 1.807) is 0 Å². The van der Waals surface area contributed by atoms with Crippen molar-refractivity contribution in [2.45, 2.75) is 45.4 Å². The van der Waals surface area contributed by atoms with Gasteiger partial charge in [-0.3, -0.25) is 9.59 Å². The van der Waals surface area contributed by atoms with Gasteiger partial charge in [-0.25, -0.2) is 0 Å². The van der Waals surface area contributed by atoms with E-state index >= 15 is 0 Å². The van der Waals surface area contributed by atoms with Gasteiger partial charge in [0.1, 0.15) is 0 Å². The molecule has 0 radical (unpaired) electrons. The molecule has 1 unspecified atom stereocenters. The smallest absolute Gasteiger partial charge is 0.229 e. The standard InChI is InChI=1S/C18H31N3O3.ClH/c1-17(13-19)6-7-21(14-17)16(23)18(4-2-3-5-18)12-15(22)20-8-10-24-11-9-20;/h2-14,19H2,1H3;1H. The summed E-state index contributed by atoms with van der Waals surface area (Å²) in [4.78, 5) is 29.9. The fourth-order valence-corrected chi connectivity index (χ4v) is 4.43. The van der Waals surface area contributed by atoms with Crippen molar-refractivity contribution in [3.63, 3.8) is 0 Å². The number of carbonyl (C=O) groups excluding carboxylic acids is 2. The number of likely N-dealkylation sites (tertiary alicyclic amines) is 1. The molecule has 1 atom stereocenters. The molecule has 2 amide bonds. The Morgan fingerprint density at radius 2 is 1.68 bits per heavy atom. The molecule has 0 aromatic carbocycles. The Kier molecular flexibility index (Phi) is 6.74. The number of hydrogen-bond donors (Lipinski definition) is 1. The van der Waals surface area contributed by atoms with Gasteiger partial charge in [-0.2, -0.15) is 0 Å². The molecule has 144 valence electrons. The molecule has 2 heterocycles. The van der Waals surface area contributed by atoms with Gasteiger partial charge in [-0.05, 0) is 31.2 Å². The highest BCUT2D eigenvalue weighted by Crippen LogP contribution is 2.44. The average molecular weight is 374 g/mol. The zero-order valence-corrected chi connectivity index (χ0v) is 16.1. The van der Waals surface area contributed by atoms with Crippen LogP contribution >= 0.6 is 12.4 Å². The van der Waals surface area contributed by atoms with Crippen molar-refractivity contribution < 1.29 is 14.3 Å². The van der Waals surface area contributed by atoms with Crippen molar-refractivity contribution in [3.8, 4) is 0 Å². The number of morpholine rings is 1.